The van der Waals surface area contributed by atoms with Crippen LogP contribution in [-0.2, 0) is 0 Å². The number of fused-ring (bicyclic) bond motifs is 2. The number of carbonyl (C=O) groups is 1. The summed E-state index contributed by atoms with van der Waals surface area (Å²) in [6.07, 6.45) is 3.40. The van der Waals surface area contributed by atoms with Crippen LogP contribution in [0.25, 0.3) is 21.8 Å². The minimum absolute atomic E-state index is 0.268. The molecule has 0 bridgehead atoms. The molecule has 0 radical (unpaired) electrons. The Morgan fingerprint density at radius 1 is 1.17 bits per heavy atom. The first-order chi connectivity index (χ1) is 14.0. The van der Waals surface area contributed by atoms with E-state index >= 15 is 0 Å². The third-order valence-electron chi connectivity index (χ3n) is 4.38. The van der Waals surface area contributed by atoms with Gasteiger partial charge in [0.15, 0.2) is 0 Å². The maximum Gasteiger partial charge on any atom is 0.273 e. The van der Waals surface area contributed by atoms with Crippen molar-refractivity contribution in [3.63, 3.8) is 0 Å². The van der Waals surface area contributed by atoms with Gasteiger partial charge >= 0.3 is 0 Å². The Hall–Kier alpha value is -4.20. The highest BCUT2D eigenvalue weighted by atomic mass is 16.1. The zero-order chi connectivity index (χ0) is 20.4. The molecule has 8 nitrogen and oxygen atoms in total. The van der Waals surface area contributed by atoms with E-state index in [1.54, 1.807) is 30.6 Å². The predicted octanol–water partition coefficient (Wildman–Crippen LogP) is 3.11. The summed E-state index contributed by atoms with van der Waals surface area (Å²) in [4.78, 5) is 24.3. The second-order valence-corrected chi connectivity index (χ2v) is 6.54. The highest BCUT2D eigenvalue weighted by molar-refractivity contribution is 6.07. The molecule has 0 aliphatic heterocycles. The summed E-state index contributed by atoms with van der Waals surface area (Å²) in [7, 11) is 0. The number of benzene rings is 1. The Labute approximate surface area is 166 Å². The normalized spacial score (nSPS) is 11.6. The quantitative estimate of drug-likeness (QED) is 0.311. The lowest BCUT2D eigenvalue weighted by Crippen LogP contribution is -2.14. The summed E-state index contributed by atoms with van der Waals surface area (Å²) < 4.78 is 0. The molecule has 5 N–H and O–H groups in total. The number of hydrogen-bond donors (Lipinski definition) is 4. The molecular formula is C21H19N7O. The van der Waals surface area contributed by atoms with Gasteiger partial charge in [0.1, 0.15) is 17.3 Å². The van der Waals surface area contributed by atoms with E-state index in [-0.39, 0.29) is 11.7 Å². The van der Waals surface area contributed by atoms with Gasteiger partial charge in [0.25, 0.3) is 5.91 Å². The van der Waals surface area contributed by atoms with Gasteiger partial charge in [-0.3, -0.25) is 15.2 Å². The summed E-state index contributed by atoms with van der Waals surface area (Å²) in [6.45, 7) is 5.41. The van der Waals surface area contributed by atoms with Crippen LogP contribution >= 0.6 is 0 Å². The number of hydrazone groups is 1. The van der Waals surface area contributed by atoms with Crippen molar-refractivity contribution >= 4 is 39.2 Å². The smallest absolute Gasteiger partial charge is 0.273 e. The Balaban J connectivity index is 1.57. The fourth-order valence-electron chi connectivity index (χ4n) is 2.92. The van der Waals surface area contributed by atoms with Crippen molar-refractivity contribution in [1.82, 2.24) is 20.4 Å². The van der Waals surface area contributed by atoms with Gasteiger partial charge in [-0.15, -0.1) is 0 Å². The molecule has 0 unspecified atom stereocenters. The van der Waals surface area contributed by atoms with Crippen LogP contribution in [0.4, 0.5) is 5.82 Å². The molecule has 0 aliphatic rings. The molecule has 1 aromatic carbocycles. The molecule has 0 saturated carbocycles. The summed E-state index contributed by atoms with van der Waals surface area (Å²) in [5.41, 5.74) is 11.8. The number of nitrogens with two attached hydrogens (primary N) is 1. The second kappa shape index (κ2) is 7.43. The van der Waals surface area contributed by atoms with Crippen molar-refractivity contribution in [2.45, 2.75) is 6.92 Å². The van der Waals surface area contributed by atoms with Gasteiger partial charge in [0.05, 0.1) is 11.2 Å². The van der Waals surface area contributed by atoms with Gasteiger partial charge in [0, 0.05) is 28.7 Å². The Bertz CT molecular complexity index is 1270. The highest BCUT2D eigenvalue weighted by Gasteiger charge is 2.12. The van der Waals surface area contributed by atoms with Crippen LogP contribution in [0.1, 0.15) is 23.0 Å². The lowest BCUT2D eigenvalue weighted by molar-refractivity contribution is 0.102. The molecule has 0 saturated heterocycles. The van der Waals surface area contributed by atoms with E-state index in [1.807, 2.05) is 31.2 Å². The number of amides is 1. The molecule has 144 valence electrons. The van der Waals surface area contributed by atoms with Crippen LogP contribution in [0.3, 0.4) is 0 Å². The molecule has 1 amide bonds. The number of aromatic amines is 1. The van der Waals surface area contributed by atoms with Gasteiger partial charge in [-0.05, 0) is 48.9 Å². The Kier molecular flexibility index (Phi) is 4.66. The zero-order valence-corrected chi connectivity index (χ0v) is 15.7. The molecule has 3 heterocycles. The summed E-state index contributed by atoms with van der Waals surface area (Å²) in [6, 6.07) is 13.0. The lowest BCUT2D eigenvalue weighted by atomic mass is 10.1. The van der Waals surface area contributed by atoms with Crippen LogP contribution < -0.4 is 16.5 Å². The number of aromatic nitrogens is 3. The molecule has 4 aromatic rings. The van der Waals surface area contributed by atoms with E-state index in [0.717, 1.165) is 33.1 Å². The van der Waals surface area contributed by atoms with E-state index < -0.39 is 0 Å². The third kappa shape index (κ3) is 3.91. The molecule has 0 spiro atoms. The Morgan fingerprint density at radius 2 is 2.03 bits per heavy atom. The standard InChI is InChI=1S/C21H19N7O/c1-12(27-28-13(2)22)14-3-5-17-16(9-14)10-19(24-17)21(29)26-20-6-4-15-11-23-8-7-18(15)25-20/h3-11,24,28H,2,22H2,1H3,(H,25,26,29)/b27-12-. The van der Waals surface area contributed by atoms with Crippen molar-refractivity contribution in [2.24, 2.45) is 10.8 Å². The zero-order valence-electron chi connectivity index (χ0n) is 15.7. The van der Waals surface area contributed by atoms with Crippen LogP contribution in [0.5, 0.6) is 0 Å². The summed E-state index contributed by atoms with van der Waals surface area (Å²) in [5, 5.41) is 8.79. The van der Waals surface area contributed by atoms with Gasteiger partial charge in [-0.25, -0.2) is 4.98 Å². The molecule has 4 rings (SSSR count). The molecule has 29 heavy (non-hydrogen) atoms. The molecule has 0 aliphatic carbocycles. The summed E-state index contributed by atoms with van der Waals surface area (Å²) in [5.74, 6) is 0.476. The van der Waals surface area contributed by atoms with Crippen LogP contribution in [0, 0.1) is 0 Å². The number of rotatable bonds is 5. The average molecular weight is 385 g/mol. The average Bonchev–Trinajstić information content (AvgIpc) is 3.15. The lowest BCUT2D eigenvalue weighted by Gasteiger charge is -2.04. The topological polar surface area (TPSA) is 121 Å². The Morgan fingerprint density at radius 3 is 2.86 bits per heavy atom. The van der Waals surface area contributed by atoms with Crippen molar-refractivity contribution in [3.8, 4) is 0 Å². The fraction of sp³-hybridized carbons (Fsp3) is 0.0476. The minimum Gasteiger partial charge on any atom is -0.385 e. The van der Waals surface area contributed by atoms with E-state index in [4.69, 9.17) is 5.73 Å². The van der Waals surface area contributed by atoms with Crippen molar-refractivity contribution in [3.05, 3.63) is 78.5 Å². The number of nitrogens with one attached hydrogen (secondary N) is 3. The van der Waals surface area contributed by atoms with Gasteiger partial charge in [-0.1, -0.05) is 12.6 Å². The molecule has 3 aromatic heterocycles. The first kappa shape index (κ1) is 18.2. The first-order valence-electron chi connectivity index (χ1n) is 8.89. The van der Waals surface area contributed by atoms with Crippen LogP contribution in [0.2, 0.25) is 0 Å². The van der Waals surface area contributed by atoms with Gasteiger partial charge < -0.3 is 16.0 Å². The predicted molar refractivity (Wildman–Crippen MR) is 114 cm³/mol. The summed E-state index contributed by atoms with van der Waals surface area (Å²) >= 11 is 0. The molecule has 0 fully saturated rings. The van der Waals surface area contributed by atoms with Crippen molar-refractivity contribution in [1.29, 1.82) is 0 Å². The first-order valence-corrected chi connectivity index (χ1v) is 8.89. The highest BCUT2D eigenvalue weighted by Crippen LogP contribution is 2.19. The largest absolute Gasteiger partial charge is 0.385 e. The van der Waals surface area contributed by atoms with Crippen molar-refractivity contribution in [2.75, 3.05) is 5.32 Å². The van der Waals surface area contributed by atoms with Crippen LogP contribution in [0.15, 0.2) is 72.4 Å². The monoisotopic (exact) mass is 385 g/mol. The SMILES string of the molecule is C=C(N)N/N=C(/C)c1ccc2[nH]c(C(=O)Nc3ccc4cnccc4n3)cc2c1. The molecule has 8 heteroatoms. The van der Waals surface area contributed by atoms with E-state index in [0.29, 0.717) is 11.5 Å². The van der Waals surface area contributed by atoms with E-state index in [9.17, 15) is 4.79 Å². The van der Waals surface area contributed by atoms with E-state index in [2.05, 4.69) is 37.4 Å². The number of hydrogen-bond acceptors (Lipinski definition) is 6. The van der Waals surface area contributed by atoms with Gasteiger partial charge in [0.2, 0.25) is 0 Å². The minimum atomic E-state index is -0.268. The van der Waals surface area contributed by atoms with Crippen LogP contribution in [-0.4, -0.2) is 26.6 Å². The van der Waals surface area contributed by atoms with Crippen molar-refractivity contribution < 1.29 is 4.79 Å². The number of anilines is 1. The maximum atomic E-state index is 12.7. The fourth-order valence-corrected chi connectivity index (χ4v) is 2.92. The number of nitrogens with zero attached hydrogens (tertiary/aromatic N) is 3. The second-order valence-electron chi connectivity index (χ2n) is 6.54. The molecular weight excluding hydrogens is 366 g/mol. The third-order valence-corrected chi connectivity index (χ3v) is 4.38. The molecule has 0 atom stereocenters. The number of pyridine rings is 2. The maximum absolute atomic E-state index is 12.7. The number of carbonyl (C=O) groups excluding carboxylic acids is 1. The van der Waals surface area contributed by atoms with Gasteiger partial charge in [-0.2, -0.15) is 5.10 Å². The van der Waals surface area contributed by atoms with E-state index in [1.165, 1.54) is 0 Å². The number of H-pyrrole nitrogens is 1.